The highest BCUT2D eigenvalue weighted by molar-refractivity contribution is 5.99. The molecule has 0 radical (unpaired) electrons. The van der Waals surface area contributed by atoms with Gasteiger partial charge in [0.15, 0.2) is 11.4 Å². The lowest BCUT2D eigenvalue weighted by molar-refractivity contribution is -0.0597. The summed E-state index contributed by atoms with van der Waals surface area (Å²) in [5, 5.41) is 12.8. The molecule has 3 heterocycles. The highest BCUT2D eigenvalue weighted by Crippen LogP contribution is 2.41. The van der Waals surface area contributed by atoms with Gasteiger partial charge in [-0.25, -0.2) is 13.2 Å². The number of benzene rings is 1. The summed E-state index contributed by atoms with van der Waals surface area (Å²) in [6.07, 6.45) is 0.494. The van der Waals surface area contributed by atoms with Crippen LogP contribution in [0.1, 0.15) is 56.4 Å². The number of aromatic nitrogens is 1. The fourth-order valence-corrected chi connectivity index (χ4v) is 4.22. The number of aromatic hydroxyl groups is 1. The molecule has 4 rings (SSSR count). The number of fused-ring (bicyclic) bond motifs is 4. The fourth-order valence-electron chi connectivity index (χ4n) is 4.22. The van der Waals surface area contributed by atoms with Crippen molar-refractivity contribution in [1.29, 1.82) is 0 Å². The summed E-state index contributed by atoms with van der Waals surface area (Å²) in [7, 11) is 0. The molecule has 7 nitrogen and oxygen atoms in total. The Kier molecular flexibility index (Phi) is 5.26. The van der Waals surface area contributed by atoms with Gasteiger partial charge in [-0.2, -0.15) is 0 Å². The van der Waals surface area contributed by atoms with Crippen LogP contribution in [0.5, 0.6) is 5.75 Å². The van der Waals surface area contributed by atoms with Crippen molar-refractivity contribution in [2.75, 3.05) is 13.1 Å². The Balaban J connectivity index is 1.71. The van der Waals surface area contributed by atoms with Gasteiger partial charge in [-0.3, -0.25) is 14.4 Å². The van der Waals surface area contributed by atoms with Crippen LogP contribution >= 0.6 is 0 Å². The monoisotopic (exact) mass is 449 g/mol. The second-order valence-electron chi connectivity index (χ2n) is 8.27. The van der Waals surface area contributed by atoms with Crippen molar-refractivity contribution in [3.8, 4) is 5.75 Å². The van der Waals surface area contributed by atoms with Crippen LogP contribution in [0.3, 0.4) is 0 Å². The van der Waals surface area contributed by atoms with Crippen LogP contribution < -0.4 is 10.7 Å². The molecule has 0 saturated carbocycles. The van der Waals surface area contributed by atoms with Gasteiger partial charge in [0.05, 0.1) is 0 Å². The van der Waals surface area contributed by atoms with E-state index < -0.39 is 58.5 Å². The topological polar surface area (TPSA) is 91.6 Å². The highest BCUT2D eigenvalue weighted by Gasteiger charge is 2.49. The van der Waals surface area contributed by atoms with Crippen LogP contribution in [-0.2, 0) is 6.54 Å². The number of aryl methyl sites for hydroxylation is 1. The summed E-state index contributed by atoms with van der Waals surface area (Å²) in [5.41, 5.74) is -0.961. The van der Waals surface area contributed by atoms with E-state index in [4.69, 9.17) is 0 Å². The zero-order chi connectivity index (χ0) is 23.4. The Morgan fingerprint density at radius 1 is 1.28 bits per heavy atom. The van der Waals surface area contributed by atoms with E-state index in [1.807, 2.05) is 0 Å². The summed E-state index contributed by atoms with van der Waals surface area (Å²) >= 11 is 0. The first-order valence-electron chi connectivity index (χ1n) is 10.2. The molecule has 2 aromatic rings. The molecule has 2 bridgehead atoms. The largest absolute Gasteiger partial charge is 0.503 e. The number of carbonyl (C=O) groups is 2. The van der Waals surface area contributed by atoms with E-state index in [0.29, 0.717) is 5.56 Å². The van der Waals surface area contributed by atoms with Gasteiger partial charge < -0.3 is 19.9 Å². The molecular formula is C22H22F3N3O4. The van der Waals surface area contributed by atoms with Gasteiger partial charge in [0.25, 0.3) is 17.7 Å². The lowest BCUT2D eigenvalue weighted by Crippen LogP contribution is -2.48. The molecule has 1 aromatic carbocycles. The average molecular weight is 449 g/mol. The van der Waals surface area contributed by atoms with Crippen molar-refractivity contribution in [1.82, 2.24) is 14.8 Å². The number of carbonyl (C=O) groups excluding carboxylic acids is 2. The molecule has 170 valence electrons. The third kappa shape index (κ3) is 3.43. The van der Waals surface area contributed by atoms with E-state index >= 15 is 0 Å². The minimum atomic E-state index is -3.21. The van der Waals surface area contributed by atoms with Gasteiger partial charge >= 0.3 is 0 Å². The van der Waals surface area contributed by atoms with E-state index in [9.17, 15) is 32.7 Å². The number of amides is 2. The van der Waals surface area contributed by atoms with Crippen LogP contribution in [-0.4, -0.2) is 45.4 Å². The SMILES string of the molecule is Cc1ccc(CNC(=O)c2cn3c(c(O)c2=O)C(=O)N2CCCC(F)(F)[C@H]3C2)c(F)c1C. The number of hydrogen-bond donors (Lipinski definition) is 2. The smallest absolute Gasteiger partial charge is 0.274 e. The second-order valence-corrected chi connectivity index (χ2v) is 8.27. The van der Waals surface area contributed by atoms with Gasteiger partial charge in [-0.1, -0.05) is 12.1 Å². The summed E-state index contributed by atoms with van der Waals surface area (Å²) in [6, 6.07) is 1.66. The van der Waals surface area contributed by atoms with Crippen molar-refractivity contribution >= 4 is 11.8 Å². The van der Waals surface area contributed by atoms with Gasteiger partial charge in [0, 0.05) is 37.8 Å². The highest BCUT2D eigenvalue weighted by atomic mass is 19.3. The van der Waals surface area contributed by atoms with Crippen molar-refractivity contribution < 1.29 is 27.9 Å². The Morgan fingerprint density at radius 3 is 2.72 bits per heavy atom. The normalized spacial score (nSPS) is 19.3. The summed E-state index contributed by atoms with van der Waals surface area (Å²) < 4.78 is 44.7. The maximum atomic E-state index is 14.7. The Bertz CT molecular complexity index is 1190. The first-order valence-corrected chi connectivity index (χ1v) is 10.2. The van der Waals surface area contributed by atoms with E-state index in [1.54, 1.807) is 19.9 Å². The van der Waals surface area contributed by atoms with Crippen molar-refractivity contribution in [3.05, 3.63) is 62.3 Å². The van der Waals surface area contributed by atoms with Crippen molar-refractivity contribution in [2.24, 2.45) is 0 Å². The van der Waals surface area contributed by atoms with Crippen LogP contribution in [0.25, 0.3) is 0 Å². The van der Waals surface area contributed by atoms with Gasteiger partial charge in [-0.15, -0.1) is 0 Å². The van der Waals surface area contributed by atoms with Gasteiger partial charge in [0.1, 0.15) is 17.4 Å². The number of pyridine rings is 1. The molecule has 1 aromatic heterocycles. The third-order valence-electron chi connectivity index (χ3n) is 6.28. The third-order valence-corrected chi connectivity index (χ3v) is 6.28. The predicted octanol–water partition coefficient (Wildman–Crippen LogP) is 2.67. The zero-order valence-electron chi connectivity index (χ0n) is 17.5. The maximum Gasteiger partial charge on any atom is 0.274 e. The quantitative estimate of drug-likeness (QED) is 0.754. The molecule has 2 N–H and O–H groups in total. The van der Waals surface area contributed by atoms with E-state index in [-0.39, 0.29) is 31.6 Å². The fraction of sp³-hybridized carbons (Fsp3) is 0.409. The average Bonchev–Trinajstić information content (AvgIpc) is 2.88. The number of nitrogens with one attached hydrogen (secondary N) is 1. The van der Waals surface area contributed by atoms with Crippen molar-refractivity contribution in [2.45, 2.75) is 45.2 Å². The molecule has 1 atom stereocenters. The maximum absolute atomic E-state index is 14.7. The minimum Gasteiger partial charge on any atom is -0.503 e. The molecule has 32 heavy (non-hydrogen) atoms. The first-order chi connectivity index (χ1) is 15.0. The zero-order valence-corrected chi connectivity index (χ0v) is 17.5. The number of halogens is 3. The Labute approximate surface area is 181 Å². The Hall–Kier alpha value is -3.30. The van der Waals surface area contributed by atoms with Crippen LogP contribution in [0.2, 0.25) is 0 Å². The molecule has 0 spiro atoms. The van der Waals surface area contributed by atoms with Crippen LogP contribution in [0, 0.1) is 19.7 Å². The molecule has 10 heteroatoms. The lowest BCUT2D eigenvalue weighted by Gasteiger charge is -2.37. The minimum absolute atomic E-state index is 0.0731. The molecule has 1 fully saturated rings. The summed E-state index contributed by atoms with van der Waals surface area (Å²) in [6.45, 7) is 2.87. The van der Waals surface area contributed by atoms with Crippen molar-refractivity contribution in [3.63, 3.8) is 0 Å². The molecule has 2 amide bonds. The standard InChI is InChI=1S/C22H22F3N3O4/c1-11-4-5-13(16(23)12(11)2)8-26-20(31)14-9-28-15-10-27(7-3-6-22(15,24)25)21(32)17(28)19(30)18(14)29/h4-5,9,15,30H,3,6-8,10H2,1-2H3,(H,26,31)/t15-/m1/s1. The van der Waals surface area contributed by atoms with Crippen LogP contribution in [0.15, 0.2) is 23.1 Å². The molecule has 0 aliphatic carbocycles. The molecule has 1 saturated heterocycles. The number of nitrogens with zero attached hydrogens (tertiary/aromatic N) is 2. The summed E-state index contributed by atoms with van der Waals surface area (Å²) in [5.74, 6) is -6.46. The number of rotatable bonds is 3. The predicted molar refractivity (Wildman–Crippen MR) is 109 cm³/mol. The number of hydrogen-bond acceptors (Lipinski definition) is 4. The molecular weight excluding hydrogens is 427 g/mol. The van der Waals surface area contributed by atoms with E-state index in [2.05, 4.69) is 5.32 Å². The molecule has 0 unspecified atom stereocenters. The summed E-state index contributed by atoms with van der Waals surface area (Å²) in [4.78, 5) is 39.2. The first kappa shape index (κ1) is 21.9. The molecule has 2 aliphatic rings. The van der Waals surface area contributed by atoms with E-state index in [0.717, 1.165) is 16.3 Å². The lowest BCUT2D eigenvalue weighted by atomic mass is 10.0. The number of alkyl halides is 2. The van der Waals surface area contributed by atoms with Gasteiger partial charge in [0.2, 0.25) is 5.43 Å². The van der Waals surface area contributed by atoms with Crippen LogP contribution in [0.4, 0.5) is 13.2 Å². The second kappa shape index (κ2) is 7.68. The van der Waals surface area contributed by atoms with Gasteiger partial charge in [-0.05, 0) is 31.4 Å². The Morgan fingerprint density at radius 2 is 2.00 bits per heavy atom. The van der Waals surface area contributed by atoms with E-state index in [1.165, 1.54) is 11.0 Å². The molecule has 2 aliphatic heterocycles.